The predicted octanol–water partition coefficient (Wildman–Crippen LogP) is 2.11. The number of nitrogens with one attached hydrogen (secondary N) is 1. The van der Waals surface area contributed by atoms with Crippen LogP contribution in [0.25, 0.3) is 0 Å². The molecular weight excluding hydrogens is 368 g/mol. The van der Waals surface area contributed by atoms with Crippen LogP contribution >= 0.6 is 0 Å². The predicted molar refractivity (Wildman–Crippen MR) is 107 cm³/mol. The van der Waals surface area contributed by atoms with E-state index in [0.29, 0.717) is 30.7 Å². The van der Waals surface area contributed by atoms with Crippen molar-refractivity contribution in [3.8, 4) is 0 Å². The van der Waals surface area contributed by atoms with E-state index in [4.69, 9.17) is 4.74 Å². The number of ketones is 1. The third kappa shape index (κ3) is 4.06. The number of benzene rings is 2. The van der Waals surface area contributed by atoms with E-state index in [1.54, 1.807) is 29.2 Å². The Labute approximate surface area is 169 Å². The fraction of sp³-hybridized carbons (Fsp3) is 0.261. The summed E-state index contributed by atoms with van der Waals surface area (Å²) in [5.74, 6) is -0.172. The van der Waals surface area contributed by atoms with Crippen LogP contribution in [0.2, 0.25) is 0 Å². The highest BCUT2D eigenvalue weighted by atomic mass is 16.5. The number of Topliss-reactive ketones (excluding diaryl/α,β-unsaturated/α-hetero) is 1. The molecule has 0 radical (unpaired) electrons. The lowest BCUT2D eigenvalue weighted by Gasteiger charge is -2.33. The largest absolute Gasteiger partial charge is 0.488 e. The van der Waals surface area contributed by atoms with Crippen LogP contribution in [0.3, 0.4) is 0 Å². The third-order valence-electron chi connectivity index (χ3n) is 5.19. The first-order chi connectivity index (χ1) is 14.1. The van der Waals surface area contributed by atoms with Crippen LogP contribution < -0.4 is 5.32 Å². The molecule has 0 spiro atoms. The van der Waals surface area contributed by atoms with Gasteiger partial charge in [-0.25, -0.2) is 0 Å². The molecule has 2 aliphatic heterocycles. The molecule has 2 aliphatic rings. The van der Waals surface area contributed by atoms with Gasteiger partial charge in [-0.3, -0.25) is 14.4 Å². The molecular formula is C23H22N2O4. The Balaban J connectivity index is 1.59. The topological polar surface area (TPSA) is 75.7 Å². The quantitative estimate of drug-likeness (QED) is 0.849. The number of rotatable bonds is 5. The van der Waals surface area contributed by atoms with E-state index in [1.807, 2.05) is 42.5 Å². The van der Waals surface area contributed by atoms with Crippen molar-refractivity contribution in [3.05, 3.63) is 83.6 Å². The van der Waals surface area contributed by atoms with Crippen LogP contribution in [0, 0.1) is 0 Å². The summed E-state index contributed by atoms with van der Waals surface area (Å²) in [6, 6.07) is 16.9. The molecule has 2 unspecified atom stereocenters. The number of carbonyl (C=O) groups is 3. The summed E-state index contributed by atoms with van der Waals surface area (Å²) in [6.07, 6.45) is 2.83. The van der Waals surface area contributed by atoms with Gasteiger partial charge in [-0.2, -0.15) is 0 Å². The van der Waals surface area contributed by atoms with Crippen LogP contribution in [0.5, 0.6) is 0 Å². The molecule has 0 aromatic heterocycles. The highest BCUT2D eigenvalue weighted by Crippen LogP contribution is 2.26. The van der Waals surface area contributed by atoms with Gasteiger partial charge in [0.1, 0.15) is 18.4 Å². The van der Waals surface area contributed by atoms with Crippen LogP contribution in [-0.4, -0.2) is 47.7 Å². The second kappa shape index (κ2) is 8.31. The molecule has 148 valence electrons. The van der Waals surface area contributed by atoms with Crippen molar-refractivity contribution in [2.45, 2.75) is 24.9 Å². The molecule has 4 rings (SSSR count). The summed E-state index contributed by atoms with van der Waals surface area (Å²) in [4.78, 5) is 40.0. The fourth-order valence-corrected chi connectivity index (χ4v) is 3.76. The summed E-state index contributed by atoms with van der Waals surface area (Å²) in [5.41, 5.74) is 1.42. The number of ether oxygens (including phenoxy) is 1. The van der Waals surface area contributed by atoms with Crippen LogP contribution in [0.1, 0.15) is 22.3 Å². The molecule has 1 N–H and O–H groups in total. The van der Waals surface area contributed by atoms with Gasteiger partial charge in [0.15, 0.2) is 11.8 Å². The summed E-state index contributed by atoms with van der Waals surface area (Å²) < 4.78 is 5.43. The minimum Gasteiger partial charge on any atom is -0.488 e. The van der Waals surface area contributed by atoms with Crippen LogP contribution in [0.15, 0.2) is 72.5 Å². The first-order valence-electron chi connectivity index (χ1n) is 9.69. The first kappa shape index (κ1) is 18.9. The molecule has 6 nitrogen and oxygen atoms in total. The SMILES string of the molecule is O=C(NC(Cc1ccccc1)C(=O)N1CCC=C2OCC(=O)C21)c1ccccc1. The highest BCUT2D eigenvalue weighted by molar-refractivity contribution is 5.99. The van der Waals surface area contributed by atoms with Gasteiger partial charge in [-0.1, -0.05) is 48.5 Å². The summed E-state index contributed by atoms with van der Waals surface area (Å²) in [7, 11) is 0. The minimum atomic E-state index is -0.780. The summed E-state index contributed by atoms with van der Waals surface area (Å²) >= 11 is 0. The Morgan fingerprint density at radius 1 is 1.07 bits per heavy atom. The second-order valence-corrected chi connectivity index (χ2v) is 7.17. The molecule has 1 saturated heterocycles. The smallest absolute Gasteiger partial charge is 0.251 e. The Bertz CT molecular complexity index is 940. The Morgan fingerprint density at radius 2 is 1.76 bits per heavy atom. The van der Waals surface area contributed by atoms with E-state index in [0.717, 1.165) is 5.56 Å². The maximum atomic E-state index is 13.4. The average Bonchev–Trinajstić information content (AvgIpc) is 3.15. The van der Waals surface area contributed by atoms with Crippen molar-refractivity contribution in [2.75, 3.05) is 13.2 Å². The average molecular weight is 390 g/mol. The fourth-order valence-electron chi connectivity index (χ4n) is 3.76. The molecule has 0 bridgehead atoms. The minimum absolute atomic E-state index is 0.0139. The van der Waals surface area contributed by atoms with Crippen LogP contribution in [-0.2, 0) is 20.7 Å². The molecule has 6 heteroatoms. The number of amides is 2. The monoisotopic (exact) mass is 390 g/mol. The lowest BCUT2D eigenvalue weighted by atomic mass is 10.00. The molecule has 2 aromatic rings. The van der Waals surface area contributed by atoms with Crippen molar-refractivity contribution < 1.29 is 19.1 Å². The van der Waals surface area contributed by atoms with E-state index >= 15 is 0 Å². The van der Waals surface area contributed by atoms with Crippen molar-refractivity contribution in [2.24, 2.45) is 0 Å². The number of hydrogen-bond acceptors (Lipinski definition) is 4. The highest BCUT2D eigenvalue weighted by Gasteiger charge is 2.42. The molecule has 2 amide bonds. The zero-order valence-electron chi connectivity index (χ0n) is 15.9. The first-order valence-corrected chi connectivity index (χ1v) is 9.69. The van der Waals surface area contributed by atoms with Gasteiger partial charge in [0.2, 0.25) is 5.91 Å². The van der Waals surface area contributed by atoms with Gasteiger partial charge in [-0.15, -0.1) is 0 Å². The summed E-state index contributed by atoms with van der Waals surface area (Å²) in [6.45, 7) is 0.411. The van der Waals surface area contributed by atoms with Gasteiger partial charge < -0.3 is 15.0 Å². The van der Waals surface area contributed by atoms with Crippen LogP contribution in [0.4, 0.5) is 0 Å². The Kier molecular flexibility index (Phi) is 5.42. The van der Waals surface area contributed by atoms with E-state index in [1.165, 1.54) is 0 Å². The number of hydrogen-bond donors (Lipinski definition) is 1. The van der Waals surface area contributed by atoms with Crippen molar-refractivity contribution in [1.29, 1.82) is 0 Å². The van der Waals surface area contributed by atoms with E-state index in [-0.39, 0.29) is 24.2 Å². The number of nitrogens with zero attached hydrogens (tertiary/aromatic N) is 1. The molecule has 2 atom stereocenters. The van der Waals surface area contributed by atoms with E-state index < -0.39 is 12.1 Å². The molecule has 29 heavy (non-hydrogen) atoms. The molecule has 0 saturated carbocycles. The molecule has 2 heterocycles. The molecule has 0 aliphatic carbocycles. The Morgan fingerprint density at radius 3 is 2.48 bits per heavy atom. The Hall–Kier alpha value is -3.41. The second-order valence-electron chi connectivity index (χ2n) is 7.17. The maximum Gasteiger partial charge on any atom is 0.251 e. The van der Waals surface area contributed by atoms with E-state index in [2.05, 4.69) is 5.32 Å². The molecule has 1 fully saturated rings. The number of carbonyl (C=O) groups excluding carboxylic acids is 3. The summed E-state index contributed by atoms with van der Waals surface area (Å²) in [5, 5.41) is 2.87. The zero-order chi connectivity index (χ0) is 20.2. The molecule has 2 aromatic carbocycles. The maximum absolute atomic E-state index is 13.4. The lowest BCUT2D eigenvalue weighted by molar-refractivity contribution is -0.139. The van der Waals surface area contributed by atoms with Gasteiger partial charge >= 0.3 is 0 Å². The normalized spacial score (nSPS) is 19.0. The van der Waals surface area contributed by atoms with Crippen molar-refractivity contribution >= 4 is 17.6 Å². The van der Waals surface area contributed by atoms with E-state index in [9.17, 15) is 14.4 Å². The van der Waals surface area contributed by atoms with Gasteiger partial charge in [0, 0.05) is 18.5 Å². The van der Waals surface area contributed by atoms with Crippen molar-refractivity contribution in [3.63, 3.8) is 0 Å². The number of fused-ring (bicyclic) bond motifs is 1. The standard InChI is InChI=1S/C23H22N2O4/c26-19-15-29-20-12-7-13-25(21(19)20)23(28)18(14-16-8-3-1-4-9-16)24-22(27)17-10-5-2-6-11-17/h1-6,8-12,18,21H,7,13-15H2,(H,24,27). The third-order valence-corrected chi connectivity index (χ3v) is 5.19. The van der Waals surface area contributed by atoms with Gasteiger partial charge in [0.25, 0.3) is 5.91 Å². The van der Waals surface area contributed by atoms with Gasteiger partial charge in [-0.05, 0) is 30.2 Å². The van der Waals surface area contributed by atoms with Crippen molar-refractivity contribution in [1.82, 2.24) is 10.2 Å². The lowest BCUT2D eigenvalue weighted by Crippen LogP contribution is -2.55. The van der Waals surface area contributed by atoms with Gasteiger partial charge in [0.05, 0.1) is 0 Å². The zero-order valence-corrected chi connectivity index (χ0v) is 15.9.